The first-order valence-electron chi connectivity index (χ1n) is 9.51. The van der Waals surface area contributed by atoms with E-state index in [4.69, 9.17) is 4.52 Å². The van der Waals surface area contributed by atoms with Crippen molar-refractivity contribution >= 4 is 39.7 Å². The van der Waals surface area contributed by atoms with Crippen LogP contribution in [-0.2, 0) is 5.75 Å². The zero-order valence-electron chi connectivity index (χ0n) is 16.5. The second-order valence-corrected chi connectivity index (χ2v) is 8.66. The Morgan fingerprint density at radius 2 is 2.00 bits per heavy atom. The normalized spacial score (nSPS) is 11.1. The van der Waals surface area contributed by atoms with Crippen LogP contribution < -0.4 is 5.32 Å². The molecule has 7 nitrogen and oxygen atoms in total. The molecule has 2 aromatic carbocycles. The van der Waals surface area contributed by atoms with Crippen LogP contribution in [-0.4, -0.2) is 25.4 Å². The van der Waals surface area contributed by atoms with Crippen molar-refractivity contribution in [1.82, 2.24) is 19.5 Å². The van der Waals surface area contributed by atoms with Gasteiger partial charge in [-0.1, -0.05) is 29.4 Å². The van der Waals surface area contributed by atoms with Crippen LogP contribution in [0.3, 0.4) is 0 Å². The molecule has 0 saturated heterocycles. The van der Waals surface area contributed by atoms with Gasteiger partial charge in [0.05, 0.1) is 17.0 Å². The zero-order valence-corrected chi connectivity index (χ0v) is 18.1. The summed E-state index contributed by atoms with van der Waals surface area (Å²) in [6.07, 6.45) is 3.98. The number of thioether (sulfide) groups is 1. The molecule has 0 fully saturated rings. The van der Waals surface area contributed by atoms with E-state index in [0.29, 0.717) is 23.0 Å². The van der Waals surface area contributed by atoms with Crippen molar-refractivity contribution in [3.8, 4) is 11.3 Å². The molecule has 9 heteroatoms. The van der Waals surface area contributed by atoms with Gasteiger partial charge >= 0.3 is 0 Å². The minimum atomic E-state index is -0.167. The number of benzene rings is 2. The Hall–Kier alpha value is -3.43. The number of carbonyl (C=O) groups excluding carboxylic acids is 1. The third kappa shape index (κ3) is 4.23. The SMILES string of the molecule is Cc1noc(CSc2ccccc2C(=O)Nc2ccc(-c3cn4ccsc4n3)cc2)n1. The summed E-state index contributed by atoms with van der Waals surface area (Å²) < 4.78 is 7.16. The van der Waals surface area contributed by atoms with Crippen molar-refractivity contribution in [1.29, 1.82) is 0 Å². The number of nitrogens with zero attached hydrogens (tertiary/aromatic N) is 4. The van der Waals surface area contributed by atoms with E-state index in [2.05, 4.69) is 20.4 Å². The fourth-order valence-corrected chi connectivity index (χ4v) is 4.69. The van der Waals surface area contributed by atoms with Gasteiger partial charge in [-0.2, -0.15) is 4.98 Å². The molecule has 5 rings (SSSR count). The quantitative estimate of drug-likeness (QED) is 0.356. The predicted octanol–water partition coefficient (Wildman–Crippen LogP) is 5.30. The number of carbonyl (C=O) groups is 1. The van der Waals surface area contributed by atoms with Gasteiger partial charge < -0.3 is 9.84 Å². The Morgan fingerprint density at radius 1 is 1.16 bits per heavy atom. The molecule has 31 heavy (non-hydrogen) atoms. The van der Waals surface area contributed by atoms with Crippen LogP contribution in [0, 0.1) is 6.92 Å². The Kier molecular flexibility index (Phi) is 5.27. The molecule has 0 saturated carbocycles. The summed E-state index contributed by atoms with van der Waals surface area (Å²) in [5, 5.41) is 8.77. The van der Waals surface area contributed by atoms with Gasteiger partial charge in [-0.3, -0.25) is 9.20 Å². The van der Waals surface area contributed by atoms with E-state index in [1.165, 1.54) is 11.8 Å². The molecule has 1 N–H and O–H groups in total. The summed E-state index contributed by atoms with van der Waals surface area (Å²) in [6, 6.07) is 15.2. The monoisotopic (exact) mass is 447 g/mol. The Morgan fingerprint density at radius 3 is 2.77 bits per heavy atom. The van der Waals surface area contributed by atoms with Crippen LogP contribution in [0.5, 0.6) is 0 Å². The van der Waals surface area contributed by atoms with E-state index in [-0.39, 0.29) is 5.91 Å². The van der Waals surface area contributed by atoms with Crippen molar-refractivity contribution in [2.24, 2.45) is 0 Å². The van der Waals surface area contributed by atoms with Gasteiger partial charge in [0.25, 0.3) is 5.91 Å². The number of anilines is 1. The molecule has 0 spiro atoms. The lowest BCUT2D eigenvalue weighted by Gasteiger charge is -2.09. The number of amides is 1. The number of nitrogens with one attached hydrogen (secondary N) is 1. The van der Waals surface area contributed by atoms with E-state index in [1.807, 2.05) is 70.7 Å². The van der Waals surface area contributed by atoms with Gasteiger partial charge in [0.15, 0.2) is 10.8 Å². The minimum absolute atomic E-state index is 0.167. The smallest absolute Gasteiger partial charge is 0.256 e. The first-order chi connectivity index (χ1) is 15.2. The average molecular weight is 448 g/mol. The maximum Gasteiger partial charge on any atom is 0.256 e. The number of fused-ring (bicyclic) bond motifs is 1. The molecular formula is C22H17N5O2S2. The second kappa shape index (κ2) is 8.37. The molecule has 3 heterocycles. The van der Waals surface area contributed by atoms with Gasteiger partial charge in [-0.15, -0.1) is 23.1 Å². The van der Waals surface area contributed by atoms with E-state index in [9.17, 15) is 4.79 Å². The van der Waals surface area contributed by atoms with Crippen LogP contribution in [0.2, 0.25) is 0 Å². The number of hydrogen-bond acceptors (Lipinski definition) is 7. The zero-order chi connectivity index (χ0) is 21.2. The molecule has 0 aliphatic heterocycles. The van der Waals surface area contributed by atoms with E-state index in [0.717, 1.165) is 26.8 Å². The largest absolute Gasteiger partial charge is 0.338 e. The standard InChI is InChI=1S/C22H17N5O2S2/c1-14-23-20(29-26-14)13-31-19-5-3-2-4-17(19)21(28)24-16-8-6-15(7-9-16)18-12-27-10-11-30-22(27)25-18/h2-12H,13H2,1H3,(H,24,28). The van der Waals surface area contributed by atoms with Gasteiger partial charge in [-0.05, 0) is 31.2 Å². The van der Waals surface area contributed by atoms with Crippen molar-refractivity contribution in [2.75, 3.05) is 5.32 Å². The first kappa shape index (κ1) is 19.5. The lowest BCUT2D eigenvalue weighted by Crippen LogP contribution is -2.12. The molecule has 0 aliphatic rings. The van der Waals surface area contributed by atoms with Crippen LogP contribution in [0.25, 0.3) is 16.2 Å². The lowest BCUT2D eigenvalue weighted by atomic mass is 10.1. The van der Waals surface area contributed by atoms with E-state index in [1.54, 1.807) is 18.3 Å². The summed E-state index contributed by atoms with van der Waals surface area (Å²) in [7, 11) is 0. The second-order valence-electron chi connectivity index (χ2n) is 6.77. The summed E-state index contributed by atoms with van der Waals surface area (Å²) in [4.78, 5) is 23.5. The van der Waals surface area contributed by atoms with Crippen molar-refractivity contribution < 1.29 is 9.32 Å². The van der Waals surface area contributed by atoms with Gasteiger partial charge in [0.1, 0.15) is 0 Å². The van der Waals surface area contributed by atoms with E-state index < -0.39 is 0 Å². The molecule has 0 radical (unpaired) electrons. The molecular weight excluding hydrogens is 430 g/mol. The average Bonchev–Trinajstić information content (AvgIpc) is 3.49. The number of thiazole rings is 1. The number of imidazole rings is 1. The summed E-state index contributed by atoms with van der Waals surface area (Å²) in [6.45, 7) is 1.78. The molecule has 0 bridgehead atoms. The topological polar surface area (TPSA) is 85.3 Å². The van der Waals surface area contributed by atoms with Gasteiger partial charge in [0.2, 0.25) is 5.89 Å². The van der Waals surface area contributed by atoms with Gasteiger partial charge in [-0.25, -0.2) is 4.98 Å². The maximum absolute atomic E-state index is 12.9. The Balaban J connectivity index is 1.29. The highest BCUT2D eigenvalue weighted by atomic mass is 32.2. The first-order valence-corrected chi connectivity index (χ1v) is 11.4. The number of aromatic nitrogens is 4. The lowest BCUT2D eigenvalue weighted by molar-refractivity contribution is 0.102. The fourth-order valence-electron chi connectivity index (χ4n) is 3.11. The third-order valence-corrected chi connectivity index (χ3v) is 6.41. The summed E-state index contributed by atoms with van der Waals surface area (Å²) in [5.41, 5.74) is 3.23. The molecule has 0 unspecified atom stereocenters. The van der Waals surface area contributed by atoms with Crippen LogP contribution >= 0.6 is 23.1 Å². The maximum atomic E-state index is 12.9. The number of rotatable bonds is 6. The predicted molar refractivity (Wildman–Crippen MR) is 121 cm³/mol. The Bertz CT molecular complexity index is 1330. The Labute approximate surface area is 186 Å². The summed E-state index contributed by atoms with van der Waals surface area (Å²) in [5.74, 6) is 1.47. The van der Waals surface area contributed by atoms with Crippen molar-refractivity contribution in [2.45, 2.75) is 17.6 Å². The molecule has 3 aromatic heterocycles. The molecule has 5 aromatic rings. The molecule has 154 valence electrons. The van der Waals surface area contributed by atoms with Crippen LogP contribution in [0.4, 0.5) is 5.69 Å². The number of hydrogen-bond donors (Lipinski definition) is 1. The fraction of sp³-hybridized carbons (Fsp3) is 0.0909. The highest BCUT2D eigenvalue weighted by molar-refractivity contribution is 7.98. The van der Waals surface area contributed by atoms with Crippen molar-refractivity contribution in [3.05, 3.63) is 83.6 Å². The summed E-state index contributed by atoms with van der Waals surface area (Å²) >= 11 is 3.08. The third-order valence-electron chi connectivity index (χ3n) is 4.58. The molecule has 1 amide bonds. The van der Waals surface area contributed by atoms with E-state index >= 15 is 0 Å². The molecule has 0 atom stereocenters. The minimum Gasteiger partial charge on any atom is -0.338 e. The van der Waals surface area contributed by atoms with Gasteiger partial charge in [0, 0.05) is 33.9 Å². The highest BCUT2D eigenvalue weighted by Gasteiger charge is 2.14. The highest BCUT2D eigenvalue weighted by Crippen LogP contribution is 2.27. The van der Waals surface area contributed by atoms with Crippen LogP contribution in [0.1, 0.15) is 22.1 Å². The number of aryl methyl sites for hydroxylation is 1. The molecule has 0 aliphatic carbocycles. The van der Waals surface area contributed by atoms with Crippen molar-refractivity contribution in [3.63, 3.8) is 0 Å². The van der Waals surface area contributed by atoms with Crippen LogP contribution in [0.15, 0.2) is 75.7 Å².